The third-order valence-corrected chi connectivity index (χ3v) is 3.56. The number of nitrogens with zero attached hydrogens (tertiary/aromatic N) is 2. The summed E-state index contributed by atoms with van der Waals surface area (Å²) >= 11 is 0. The highest BCUT2D eigenvalue weighted by atomic mass is 16.6. The van der Waals surface area contributed by atoms with E-state index in [1.165, 1.54) is 11.6 Å². The van der Waals surface area contributed by atoms with Crippen LogP contribution in [0.1, 0.15) is 18.1 Å². The first-order valence-corrected chi connectivity index (χ1v) is 6.84. The van der Waals surface area contributed by atoms with Gasteiger partial charge >= 0.3 is 0 Å². The molecule has 0 bridgehead atoms. The highest BCUT2D eigenvalue weighted by Crippen LogP contribution is 2.27. The first-order valence-electron chi connectivity index (χ1n) is 6.84. The monoisotopic (exact) mass is 285 g/mol. The van der Waals surface area contributed by atoms with Crippen molar-refractivity contribution in [1.29, 1.82) is 0 Å². The average Bonchev–Trinajstić information content (AvgIpc) is 2.49. The average molecular weight is 285 g/mol. The smallest absolute Gasteiger partial charge is 0.292 e. The second-order valence-corrected chi connectivity index (χ2v) is 4.98. The lowest BCUT2D eigenvalue weighted by Crippen LogP contribution is -2.17. The molecule has 0 heterocycles. The number of para-hydroxylation sites is 1. The van der Waals surface area contributed by atoms with Crippen molar-refractivity contribution in [3.05, 3.63) is 63.7 Å². The molecule has 0 amide bonds. The van der Waals surface area contributed by atoms with Gasteiger partial charge in [-0.2, -0.15) is 0 Å². The number of benzene rings is 2. The van der Waals surface area contributed by atoms with Crippen molar-refractivity contribution in [2.45, 2.75) is 19.9 Å². The molecule has 0 aliphatic carbocycles. The molecular formula is C16H19N3O2. The van der Waals surface area contributed by atoms with Crippen molar-refractivity contribution in [1.82, 2.24) is 0 Å². The number of nitrogens with two attached hydrogens (primary N) is 1. The summed E-state index contributed by atoms with van der Waals surface area (Å²) in [7, 11) is 1.94. The normalized spacial score (nSPS) is 10.4. The number of rotatable bonds is 5. The molecule has 0 fully saturated rings. The molecule has 2 aromatic carbocycles. The third kappa shape index (κ3) is 3.31. The molecule has 0 aliphatic rings. The highest BCUT2D eigenvalue weighted by molar-refractivity contribution is 5.64. The summed E-state index contributed by atoms with van der Waals surface area (Å²) in [6.45, 7) is 2.64. The fraction of sp³-hybridized carbons (Fsp3) is 0.250. The number of nitro benzene ring substituents is 1. The molecule has 5 nitrogen and oxygen atoms in total. The van der Waals surface area contributed by atoms with Gasteiger partial charge < -0.3 is 10.6 Å². The lowest BCUT2D eigenvalue weighted by atomic mass is 10.1. The summed E-state index contributed by atoms with van der Waals surface area (Å²) in [4.78, 5) is 12.5. The molecule has 2 aromatic rings. The third-order valence-electron chi connectivity index (χ3n) is 3.56. The zero-order valence-electron chi connectivity index (χ0n) is 12.2. The van der Waals surface area contributed by atoms with Crippen LogP contribution < -0.4 is 10.6 Å². The molecule has 2 N–H and O–H groups in total. The topological polar surface area (TPSA) is 72.4 Å². The Morgan fingerprint density at radius 2 is 1.86 bits per heavy atom. The molecule has 5 heteroatoms. The minimum absolute atomic E-state index is 0.0396. The van der Waals surface area contributed by atoms with Crippen molar-refractivity contribution in [3.63, 3.8) is 0 Å². The Morgan fingerprint density at radius 3 is 2.43 bits per heavy atom. The molecule has 0 radical (unpaired) electrons. The molecule has 0 spiro atoms. The number of hydrogen-bond acceptors (Lipinski definition) is 4. The van der Waals surface area contributed by atoms with Crippen LogP contribution in [0.3, 0.4) is 0 Å². The van der Waals surface area contributed by atoms with Crippen LogP contribution in [-0.4, -0.2) is 12.0 Å². The standard InChI is InChI=1S/C16H19N3O2/c1-3-12-7-9-14(10-8-12)18(2)11-13-5-4-6-15(16(13)17)19(20)21/h4-10H,3,11,17H2,1-2H3. The molecule has 0 atom stereocenters. The Labute approximate surface area is 124 Å². The SMILES string of the molecule is CCc1ccc(N(C)Cc2cccc([N+](=O)[O-])c2N)cc1. The zero-order chi connectivity index (χ0) is 15.4. The minimum Gasteiger partial charge on any atom is -0.393 e. The van der Waals surface area contributed by atoms with Crippen LogP contribution in [0.15, 0.2) is 42.5 Å². The van der Waals surface area contributed by atoms with E-state index >= 15 is 0 Å². The summed E-state index contributed by atoms with van der Waals surface area (Å²) in [5.74, 6) is 0. The van der Waals surface area contributed by atoms with Crippen molar-refractivity contribution >= 4 is 17.1 Å². The van der Waals surface area contributed by atoms with E-state index in [-0.39, 0.29) is 11.4 Å². The molecule has 2 rings (SSSR count). The van der Waals surface area contributed by atoms with Crippen LogP contribution in [0.5, 0.6) is 0 Å². The van der Waals surface area contributed by atoms with Crippen molar-refractivity contribution in [2.24, 2.45) is 0 Å². The molecule has 21 heavy (non-hydrogen) atoms. The van der Waals surface area contributed by atoms with Gasteiger partial charge in [-0.05, 0) is 24.1 Å². The summed E-state index contributed by atoms with van der Waals surface area (Å²) in [5, 5.41) is 10.9. The number of nitrogen functional groups attached to an aromatic ring is 1. The zero-order valence-corrected chi connectivity index (χ0v) is 12.2. The molecule has 0 aromatic heterocycles. The van der Waals surface area contributed by atoms with Crippen LogP contribution in [0.4, 0.5) is 17.1 Å². The summed E-state index contributed by atoms with van der Waals surface area (Å²) in [6.07, 6.45) is 1.00. The van der Waals surface area contributed by atoms with E-state index in [9.17, 15) is 10.1 Å². The first kappa shape index (κ1) is 14.8. The molecule has 110 valence electrons. The maximum atomic E-state index is 10.9. The second kappa shape index (κ2) is 6.26. The molecular weight excluding hydrogens is 266 g/mol. The van der Waals surface area contributed by atoms with Gasteiger partial charge in [0.25, 0.3) is 5.69 Å². The maximum Gasteiger partial charge on any atom is 0.292 e. The predicted molar refractivity (Wildman–Crippen MR) is 85.4 cm³/mol. The van der Waals surface area contributed by atoms with Crippen LogP contribution in [0.2, 0.25) is 0 Å². The summed E-state index contributed by atoms with van der Waals surface area (Å²) in [5.41, 5.74) is 9.17. The van der Waals surface area contributed by atoms with Gasteiger partial charge in [0.1, 0.15) is 5.69 Å². The van der Waals surface area contributed by atoms with Gasteiger partial charge in [0.15, 0.2) is 0 Å². The second-order valence-electron chi connectivity index (χ2n) is 4.98. The van der Waals surface area contributed by atoms with Crippen LogP contribution in [-0.2, 0) is 13.0 Å². The number of anilines is 2. The van der Waals surface area contributed by atoms with Gasteiger partial charge in [-0.3, -0.25) is 10.1 Å². The predicted octanol–water partition coefficient (Wildman–Crippen LogP) is 3.38. The largest absolute Gasteiger partial charge is 0.393 e. The van der Waals surface area contributed by atoms with E-state index < -0.39 is 4.92 Å². The Morgan fingerprint density at radius 1 is 1.19 bits per heavy atom. The molecule has 0 aliphatic heterocycles. The number of aryl methyl sites for hydroxylation is 1. The summed E-state index contributed by atoms with van der Waals surface area (Å²) < 4.78 is 0. The van der Waals surface area contributed by atoms with E-state index in [0.717, 1.165) is 17.7 Å². The Bertz CT molecular complexity index is 638. The number of nitro groups is 1. The van der Waals surface area contributed by atoms with Crippen molar-refractivity contribution in [2.75, 3.05) is 17.7 Å². The minimum atomic E-state index is -0.450. The Kier molecular flexibility index (Phi) is 4.42. The van der Waals surface area contributed by atoms with Crippen LogP contribution in [0, 0.1) is 10.1 Å². The van der Waals surface area contributed by atoms with Gasteiger partial charge in [0.2, 0.25) is 0 Å². The number of hydrogen-bond donors (Lipinski definition) is 1. The quantitative estimate of drug-likeness (QED) is 0.519. The fourth-order valence-electron chi connectivity index (χ4n) is 2.23. The molecule has 0 saturated heterocycles. The van der Waals surface area contributed by atoms with Gasteiger partial charge in [-0.15, -0.1) is 0 Å². The maximum absolute atomic E-state index is 10.9. The lowest BCUT2D eigenvalue weighted by molar-refractivity contribution is -0.383. The van der Waals surface area contributed by atoms with Crippen molar-refractivity contribution in [3.8, 4) is 0 Å². The van der Waals surface area contributed by atoms with Crippen molar-refractivity contribution < 1.29 is 4.92 Å². The van der Waals surface area contributed by atoms with Gasteiger partial charge in [-0.1, -0.05) is 31.2 Å². The van der Waals surface area contributed by atoms with Crippen LogP contribution >= 0.6 is 0 Å². The molecule has 0 saturated carbocycles. The van der Waals surface area contributed by atoms with E-state index in [4.69, 9.17) is 5.73 Å². The van der Waals surface area contributed by atoms with E-state index in [1.807, 2.05) is 30.1 Å². The van der Waals surface area contributed by atoms with Gasteiger partial charge in [-0.25, -0.2) is 0 Å². The van der Waals surface area contributed by atoms with Gasteiger partial charge in [0.05, 0.1) is 4.92 Å². The first-order chi connectivity index (χ1) is 10.0. The van der Waals surface area contributed by atoms with E-state index in [1.54, 1.807) is 6.07 Å². The Balaban J connectivity index is 2.20. The highest BCUT2D eigenvalue weighted by Gasteiger charge is 2.15. The van der Waals surface area contributed by atoms with E-state index in [2.05, 4.69) is 19.1 Å². The van der Waals surface area contributed by atoms with E-state index in [0.29, 0.717) is 6.54 Å². The fourth-order valence-corrected chi connectivity index (χ4v) is 2.23. The lowest BCUT2D eigenvalue weighted by Gasteiger charge is -2.20. The molecule has 0 unspecified atom stereocenters. The summed E-state index contributed by atoms with van der Waals surface area (Å²) in [6, 6.07) is 13.2. The van der Waals surface area contributed by atoms with Crippen LogP contribution in [0.25, 0.3) is 0 Å². The van der Waals surface area contributed by atoms with Gasteiger partial charge in [0, 0.05) is 30.9 Å². The Hall–Kier alpha value is -2.56.